The molecule has 0 aromatic heterocycles. The van der Waals surface area contributed by atoms with Crippen LogP contribution in [-0.4, -0.2) is 0 Å². The van der Waals surface area contributed by atoms with Gasteiger partial charge in [0.1, 0.15) is 0 Å². The Morgan fingerprint density at radius 2 is 0.113 bits per heavy atom. The molecule has 0 bridgehead atoms. The molecule has 141 nitrogen and oxygen atoms in total. The van der Waals surface area contributed by atoms with Crippen molar-refractivity contribution in [1.29, 1.82) is 10.8 Å². The summed E-state index contributed by atoms with van der Waals surface area (Å²) in [6.45, 7) is 0. The molecule has 0 spiro atoms. The molecular formula is CHN141. The molecule has 0 aliphatic carbocycles. The zero-order chi connectivity index (χ0) is 101. The Labute approximate surface area is 742 Å². The molecule has 0 aromatic carbocycles. The largest absolute Gasteiger partial charge is 0.227 e. The molecule has 1 N–H and O–H groups in total. The van der Waals surface area contributed by atoms with Crippen molar-refractivity contribution in [3.63, 3.8) is 0 Å². The van der Waals surface area contributed by atoms with Crippen molar-refractivity contribution in [2.24, 2.45) is 726 Å². The first-order valence-electron chi connectivity index (χ1n) is 28.3. The highest BCUT2D eigenvalue weighted by Crippen LogP contribution is 2.02. The van der Waals surface area contributed by atoms with Gasteiger partial charge in [0, 0.05) is 637 Å². The summed E-state index contributed by atoms with van der Waals surface area (Å²) in [5.41, 5.74) is 6.28. The van der Waals surface area contributed by atoms with Gasteiger partial charge >= 0.3 is 0 Å². The van der Waals surface area contributed by atoms with Crippen LogP contribution < -0.4 is 0 Å². The summed E-state index contributed by atoms with van der Waals surface area (Å²) in [5, 5.41) is 423. The Morgan fingerprint density at radius 1 is 0.0704 bits per heavy atom. The van der Waals surface area contributed by atoms with E-state index < -0.39 is 0 Å². The number of hydrogen-bond acceptors (Lipinski definition) is 3. The summed E-state index contributed by atoms with van der Waals surface area (Å²) in [5.74, 6) is 0. The van der Waals surface area contributed by atoms with Gasteiger partial charge in [-0.3, -0.25) is 0 Å². The molecule has 0 saturated carbocycles. The van der Waals surface area contributed by atoms with Crippen molar-refractivity contribution in [3.8, 4) is 6.19 Å². The molecule has 0 aliphatic rings. The highest BCUT2D eigenvalue weighted by molar-refractivity contribution is 4.56. The van der Waals surface area contributed by atoms with Gasteiger partial charge < -0.3 is 0 Å². The van der Waals surface area contributed by atoms with E-state index in [1.807, 2.05) is 0 Å². The third-order valence-corrected chi connectivity index (χ3v) is 5.57. The van der Waals surface area contributed by atoms with Gasteiger partial charge in [0.25, 0.3) is 0 Å². The van der Waals surface area contributed by atoms with Gasteiger partial charge in [-0.15, -0.1) is 0 Å². The number of nitrogens with zero attached hydrogens (tertiary/aromatic N) is 140. The van der Waals surface area contributed by atoms with Crippen LogP contribution in [0.25, 0.3) is 0 Å². The van der Waals surface area contributed by atoms with E-state index in [4.69, 9.17) is 10.8 Å². The summed E-state index contributed by atoms with van der Waals surface area (Å²) in [6.07, 6.45) is 1.31. The number of nitrogens with one attached hydrogen (secondary N) is 1. The maximum atomic E-state index is 8.04. The second kappa shape index (κ2) is 112. The maximum absolute atomic E-state index is 8.04. The van der Waals surface area contributed by atoms with Crippen LogP contribution in [0.3, 0.4) is 0 Å². The van der Waals surface area contributed by atoms with E-state index in [2.05, 4.69) is 726 Å². The fraction of sp³-hybridized carbons (Fsp3) is 0. The average Bonchev–Trinajstić information content (AvgIpc) is 1.10. The molecule has 0 heterocycles. The van der Waals surface area contributed by atoms with Crippen molar-refractivity contribution in [3.05, 3.63) is 0 Å². The molecule has 142 heavy (non-hydrogen) atoms. The van der Waals surface area contributed by atoms with Crippen LogP contribution in [0.2, 0.25) is 0 Å². The van der Waals surface area contributed by atoms with Gasteiger partial charge in [-0.1, -0.05) is 0 Å². The summed E-state index contributed by atoms with van der Waals surface area (Å²) in [6, 6.07) is 0. The minimum atomic E-state index is 1.31. The molecule has 0 fully saturated rings. The van der Waals surface area contributed by atoms with Crippen molar-refractivity contribution in [2.75, 3.05) is 0 Å². The predicted molar refractivity (Wildman–Crippen MR) is 346 cm³/mol. The lowest BCUT2D eigenvalue weighted by Gasteiger charge is -1.71. The highest BCUT2D eigenvalue weighted by atomic mass is 15.8. The molecule has 0 rings (SSSR count). The first kappa shape index (κ1) is 113. The smallest absolute Gasteiger partial charge is 0.183 e. The van der Waals surface area contributed by atoms with Crippen molar-refractivity contribution >= 4 is 0 Å². The Bertz CT molecular complexity index is 5200. The fourth-order valence-electron chi connectivity index (χ4n) is 2.47. The van der Waals surface area contributed by atoms with Gasteiger partial charge in [0.2, 0.25) is 6.19 Å². The summed E-state index contributed by atoms with van der Waals surface area (Å²) in [4.78, 5) is 0. The van der Waals surface area contributed by atoms with E-state index in [-0.39, 0.29) is 0 Å². The van der Waals surface area contributed by atoms with Crippen LogP contribution >= 0.6 is 0 Å². The highest BCUT2D eigenvalue weighted by Gasteiger charge is 1.84. The van der Waals surface area contributed by atoms with E-state index in [1.54, 1.807) is 0 Å². The molecule has 0 radical (unpaired) electrons. The standard InChI is InChI=1S/CHN141/c2-1-4-6-8-10-12-14-16-18-20-22-24-26-28-30-32-34-36-38-40-42-44-46-48-50-52-54-56-58-60-62-64-66-68-70-72-74-76-78-80-82-84-86-88-90-92-94-96-98-100-102-104-106-108-110-112-114-116-118-120-122-124-126-128-130-132-134-136-138-140-142-141-139-137-135-133-131-129-127-125-123-121-119-117-115-113-111-109-107-105-103-101-99-97-95-93-91-89-87-85-83-81-79-77-75-73-71-69-67-65-63-61-59-57-55-53-51-49-47-45-43-41-39-37-35-33-31-29-27-25-23-21-19-17-15-13-11-9-7-5-3/h3H/b5-3?,6-4?,9-7+,10-8+,13-11+,14-12+,17-15+,18-16+,21-19+,22-20+,25-23+,26-24+,29-27+,30-28+,33-31+,34-32+,37-35+,38-36+,41-39+,42-40+,45-43+,46-44+,49-47+,50-48+,53-51+,54-52+,57-55+,58-56+,61-59+,62-60+,65-63+,66-64+,69-67+,70-68+,73-71+,74-72+,77-75+,78-76+,81-79+,82-80+,85-83+,86-84+,89-87+,90-88+,93-91+,94-92+,97-95+,98-96+,101-99+,102-100+,105-103+,106-104+,109-107+,110-108+,113-111+,114-112+,117-115+,118-116+,121-119+,122-120+,125-123+,126-124+,129-127+,130-128+,133-131+,134-132+,137-135+,138-136+,141-139+,142-140+. The molecular weight excluding hydrogens is 1990 g/mol. The van der Waals surface area contributed by atoms with Gasteiger partial charge in [-0.2, -0.15) is 10.8 Å². The molecule has 0 amide bonds. The Morgan fingerprint density at radius 3 is 0.155 bits per heavy atom. The van der Waals surface area contributed by atoms with Crippen molar-refractivity contribution in [2.45, 2.75) is 0 Å². The zero-order valence-corrected chi connectivity index (χ0v) is 63.6. The minimum absolute atomic E-state index is 1.31. The fourth-order valence-corrected chi connectivity index (χ4v) is 2.47. The van der Waals surface area contributed by atoms with Gasteiger partial charge in [-0.25, -0.2) is 0 Å². The number of rotatable bonds is 69. The lowest BCUT2D eigenvalue weighted by atomic mass is 11.5. The second-order valence-electron chi connectivity index (χ2n) is 12.6. The van der Waals surface area contributed by atoms with Crippen molar-refractivity contribution < 1.29 is 0 Å². The SMILES string of the molecule is N#CN=N/N=N/N=N/N=N/N=N/N=N/N=N/N=N/N=N/N=N/N=N/N=N/N=N/N=N/N=N/N=N/N=N/N=N/N=N/N=N/N=N/N=N/N=N/N=N/N=N/N=N/N=N/N=N/N=N/N=N/N=N/N=N/N=N/N=N/N=N/N=N/N=N/N=N/N=N/N=N/N=N/N=N/N=N/N=N/N=N/N=N/N=N/N=N/N=N/N=N/N=N/N=N/N=N/N=N/N=N/N=N/N=N/N=N/N=N/N=N/N=N/N=N/N=N/N=N/N=N/N=N/N=N/N=N/N=N/N=N. The number of hydrogen-bond donors (Lipinski definition) is 1. The van der Waals surface area contributed by atoms with E-state index >= 15 is 0 Å². The monoisotopic (exact) mass is 1990 g/mol. The quantitative estimate of drug-likeness (QED) is 0.0346. The van der Waals surface area contributed by atoms with E-state index in [0.717, 1.165) is 0 Å². The lowest BCUT2D eigenvalue weighted by Crippen LogP contribution is -1.52. The van der Waals surface area contributed by atoms with Crippen LogP contribution in [0, 0.1) is 17.0 Å². The molecule has 0 aromatic rings. The van der Waals surface area contributed by atoms with Gasteiger partial charge in [-0.05, 0) is 88.7 Å². The first-order chi connectivity index (χ1) is 70.9. The molecule has 0 aliphatic heterocycles. The average molecular weight is 1990 g/mol. The molecule has 0 unspecified atom stereocenters. The molecule has 710 valence electrons. The maximum Gasteiger partial charge on any atom is 0.227 e. The minimum Gasteiger partial charge on any atom is -0.183 e. The topological polar surface area (TPSA) is 1770 Å². The Kier molecular flexibility index (Phi) is 89.9. The van der Waals surface area contributed by atoms with E-state index in [9.17, 15) is 0 Å². The van der Waals surface area contributed by atoms with Crippen LogP contribution in [0.1, 0.15) is 0 Å². The third-order valence-electron chi connectivity index (χ3n) is 5.57. The van der Waals surface area contributed by atoms with E-state index in [1.165, 1.54) is 6.19 Å². The molecule has 0 atom stereocenters. The van der Waals surface area contributed by atoms with Gasteiger partial charge in [0.15, 0.2) is 0 Å². The van der Waals surface area contributed by atoms with Gasteiger partial charge in [0.05, 0.1) is 0 Å². The summed E-state index contributed by atoms with van der Waals surface area (Å²) >= 11 is 0. The first-order valence-corrected chi connectivity index (χ1v) is 28.3. The third kappa shape index (κ3) is 111. The molecule has 141 heteroatoms. The van der Waals surface area contributed by atoms with Crippen LogP contribution in [0.15, 0.2) is 726 Å². The lowest BCUT2D eigenvalue weighted by molar-refractivity contribution is 0.722. The van der Waals surface area contributed by atoms with Crippen LogP contribution in [-0.2, 0) is 0 Å². The van der Waals surface area contributed by atoms with Crippen molar-refractivity contribution in [1.82, 2.24) is 0 Å². The summed E-state index contributed by atoms with van der Waals surface area (Å²) in [7, 11) is 0. The number of nitriles is 1. The summed E-state index contributed by atoms with van der Waals surface area (Å²) < 4.78 is 0. The second-order valence-corrected chi connectivity index (χ2v) is 12.6. The Balaban J connectivity index is 4.14. The van der Waals surface area contributed by atoms with Crippen LogP contribution in [0.5, 0.6) is 0 Å². The Hall–Kier alpha value is -28.5. The predicted octanol–water partition coefficient (Wildman–Crippen LogP) is 25.8. The van der Waals surface area contributed by atoms with Crippen LogP contribution in [0.4, 0.5) is 0 Å². The molecule has 0 saturated heterocycles. The zero-order valence-electron chi connectivity index (χ0n) is 63.6. The van der Waals surface area contributed by atoms with E-state index in [0.29, 0.717) is 0 Å². The normalized spacial score (nSPS) is 15.7.